The smallest absolute Gasteiger partial charge is 0.222 e. The maximum absolute atomic E-state index is 12.6. The summed E-state index contributed by atoms with van der Waals surface area (Å²) in [6.07, 6.45) is 1.53. The van der Waals surface area contributed by atoms with Crippen LogP contribution in [-0.4, -0.2) is 42.0 Å². The molecule has 0 radical (unpaired) electrons. The molecule has 23 heavy (non-hydrogen) atoms. The number of likely N-dealkylation sites (tertiary alicyclic amines) is 1. The second-order valence-electron chi connectivity index (χ2n) is 7.05. The van der Waals surface area contributed by atoms with Crippen LogP contribution in [0.2, 0.25) is 0 Å². The lowest BCUT2D eigenvalue weighted by atomic mass is 9.91. The maximum atomic E-state index is 12.6. The molecule has 4 N–H and O–H groups in total. The molecule has 1 aromatic rings. The lowest BCUT2D eigenvalue weighted by Crippen LogP contribution is -2.33. The largest absolute Gasteiger partial charge is 0.340 e. The van der Waals surface area contributed by atoms with Gasteiger partial charge >= 0.3 is 0 Å². The molecule has 2 saturated heterocycles. The predicted octanol–water partition coefficient (Wildman–Crippen LogP) is 1.22. The molecule has 0 aliphatic carbocycles. The normalized spacial score (nSPS) is 34.0. The topological polar surface area (TPSA) is 70.4 Å². The van der Waals surface area contributed by atoms with Crippen LogP contribution in [0.25, 0.3) is 0 Å². The number of nitrogens with one attached hydrogen (secondary N) is 2. The van der Waals surface area contributed by atoms with E-state index in [-0.39, 0.29) is 17.9 Å². The Morgan fingerprint density at radius 3 is 2.48 bits per heavy atom. The van der Waals surface area contributed by atoms with E-state index in [0.29, 0.717) is 31.0 Å². The average molecular weight is 316 g/mol. The molecule has 4 atom stereocenters. The van der Waals surface area contributed by atoms with E-state index in [2.05, 4.69) is 36.8 Å². The van der Waals surface area contributed by atoms with E-state index in [4.69, 9.17) is 5.73 Å². The molecule has 2 heterocycles. The number of benzene rings is 1. The van der Waals surface area contributed by atoms with Crippen LogP contribution in [0.5, 0.6) is 0 Å². The van der Waals surface area contributed by atoms with Crippen LogP contribution >= 0.6 is 0 Å². The molecule has 0 bridgehead atoms. The van der Waals surface area contributed by atoms with E-state index in [1.165, 1.54) is 5.56 Å². The number of carbonyl (C=O) groups is 1. The first kappa shape index (κ1) is 16.4. The third kappa shape index (κ3) is 3.57. The Morgan fingerprint density at radius 1 is 1.17 bits per heavy atom. The SMILES string of the molecule is CC1NNC(C)C1CCC(=O)N1C[C@H](c2ccccc2)[C@@H](N)C1. The molecule has 0 spiro atoms. The summed E-state index contributed by atoms with van der Waals surface area (Å²) >= 11 is 0. The third-order valence-electron chi connectivity index (χ3n) is 5.46. The van der Waals surface area contributed by atoms with Crippen LogP contribution in [0.3, 0.4) is 0 Å². The molecule has 3 rings (SSSR count). The zero-order valence-electron chi connectivity index (χ0n) is 14.0. The van der Waals surface area contributed by atoms with Gasteiger partial charge in [-0.25, -0.2) is 0 Å². The molecule has 1 amide bonds. The van der Waals surface area contributed by atoms with Crippen molar-refractivity contribution < 1.29 is 4.79 Å². The zero-order valence-corrected chi connectivity index (χ0v) is 14.0. The van der Waals surface area contributed by atoms with Gasteiger partial charge in [-0.1, -0.05) is 30.3 Å². The van der Waals surface area contributed by atoms with Gasteiger partial charge in [0.25, 0.3) is 0 Å². The highest BCUT2D eigenvalue weighted by Crippen LogP contribution is 2.28. The van der Waals surface area contributed by atoms with E-state index in [9.17, 15) is 4.79 Å². The first-order chi connectivity index (χ1) is 11.1. The second-order valence-corrected chi connectivity index (χ2v) is 7.05. The zero-order chi connectivity index (χ0) is 16.4. The first-order valence-corrected chi connectivity index (χ1v) is 8.65. The minimum Gasteiger partial charge on any atom is -0.340 e. The number of hydrazine groups is 1. The molecule has 0 saturated carbocycles. The van der Waals surface area contributed by atoms with Crippen LogP contribution in [0.1, 0.15) is 38.2 Å². The summed E-state index contributed by atoms with van der Waals surface area (Å²) in [6, 6.07) is 11.2. The molecule has 2 aliphatic heterocycles. The van der Waals surface area contributed by atoms with Gasteiger partial charge in [-0.3, -0.25) is 15.6 Å². The van der Waals surface area contributed by atoms with Crippen molar-refractivity contribution in [1.82, 2.24) is 15.8 Å². The Morgan fingerprint density at radius 2 is 1.83 bits per heavy atom. The van der Waals surface area contributed by atoms with E-state index in [1.54, 1.807) is 0 Å². The van der Waals surface area contributed by atoms with Crippen LogP contribution < -0.4 is 16.6 Å². The van der Waals surface area contributed by atoms with Crippen molar-refractivity contribution in [3.63, 3.8) is 0 Å². The number of nitrogens with zero attached hydrogens (tertiary/aromatic N) is 1. The summed E-state index contributed by atoms with van der Waals surface area (Å²) in [5.74, 6) is 0.998. The highest BCUT2D eigenvalue weighted by molar-refractivity contribution is 5.76. The third-order valence-corrected chi connectivity index (χ3v) is 5.46. The second kappa shape index (κ2) is 6.99. The molecule has 0 aromatic heterocycles. The van der Waals surface area contributed by atoms with Crippen molar-refractivity contribution in [1.29, 1.82) is 0 Å². The Labute approximate surface area is 138 Å². The molecule has 5 nitrogen and oxygen atoms in total. The molecule has 2 fully saturated rings. The van der Waals surface area contributed by atoms with Crippen LogP contribution in [0.15, 0.2) is 30.3 Å². The van der Waals surface area contributed by atoms with Gasteiger partial charge in [-0.15, -0.1) is 0 Å². The predicted molar refractivity (Wildman–Crippen MR) is 91.7 cm³/mol. The van der Waals surface area contributed by atoms with Gasteiger partial charge in [-0.2, -0.15) is 0 Å². The number of nitrogens with two attached hydrogens (primary N) is 1. The first-order valence-electron chi connectivity index (χ1n) is 8.65. The fraction of sp³-hybridized carbons (Fsp3) is 0.611. The van der Waals surface area contributed by atoms with Gasteiger partial charge in [-0.05, 0) is 31.7 Å². The van der Waals surface area contributed by atoms with Gasteiger partial charge in [0, 0.05) is 43.6 Å². The van der Waals surface area contributed by atoms with Crippen molar-refractivity contribution in [2.24, 2.45) is 11.7 Å². The van der Waals surface area contributed by atoms with E-state index < -0.39 is 0 Å². The molecule has 126 valence electrons. The van der Waals surface area contributed by atoms with Gasteiger partial charge in [0.15, 0.2) is 0 Å². The maximum Gasteiger partial charge on any atom is 0.222 e. The Bertz CT molecular complexity index is 525. The fourth-order valence-electron chi connectivity index (χ4n) is 3.94. The standard InChI is InChI=1S/C18H28N4O/c1-12-15(13(2)21-20-12)8-9-18(23)22-10-16(17(19)11-22)14-6-4-3-5-7-14/h3-7,12-13,15-17,20-21H,8-11,19H2,1-2H3/t12?,13?,15?,16-,17+/m1/s1. The fourth-order valence-corrected chi connectivity index (χ4v) is 3.94. The minimum atomic E-state index is 0.0361. The number of hydrogen-bond donors (Lipinski definition) is 3. The summed E-state index contributed by atoms with van der Waals surface area (Å²) in [7, 11) is 0. The van der Waals surface area contributed by atoms with Crippen molar-refractivity contribution in [3.8, 4) is 0 Å². The summed E-state index contributed by atoms with van der Waals surface area (Å²) in [5.41, 5.74) is 14.0. The lowest BCUT2D eigenvalue weighted by Gasteiger charge is -2.20. The van der Waals surface area contributed by atoms with Gasteiger partial charge in [0.2, 0.25) is 5.91 Å². The van der Waals surface area contributed by atoms with E-state index in [0.717, 1.165) is 13.0 Å². The number of rotatable bonds is 4. The Kier molecular flexibility index (Phi) is 4.99. The van der Waals surface area contributed by atoms with Gasteiger partial charge < -0.3 is 10.6 Å². The molecular formula is C18H28N4O. The molecule has 1 aromatic carbocycles. The number of amides is 1. The quantitative estimate of drug-likeness (QED) is 0.781. The van der Waals surface area contributed by atoms with Crippen molar-refractivity contribution >= 4 is 5.91 Å². The summed E-state index contributed by atoms with van der Waals surface area (Å²) in [4.78, 5) is 14.5. The van der Waals surface area contributed by atoms with Crippen LogP contribution in [0, 0.1) is 5.92 Å². The molecular weight excluding hydrogens is 288 g/mol. The van der Waals surface area contributed by atoms with Gasteiger partial charge in [0.05, 0.1) is 0 Å². The van der Waals surface area contributed by atoms with Crippen molar-refractivity contribution in [2.45, 2.75) is 50.7 Å². The Hall–Kier alpha value is -1.43. The highest BCUT2D eigenvalue weighted by atomic mass is 16.2. The van der Waals surface area contributed by atoms with Gasteiger partial charge in [0.1, 0.15) is 0 Å². The Balaban J connectivity index is 1.55. The highest BCUT2D eigenvalue weighted by Gasteiger charge is 2.35. The van der Waals surface area contributed by atoms with E-state index >= 15 is 0 Å². The minimum absolute atomic E-state index is 0.0361. The molecule has 2 aliphatic rings. The molecule has 2 unspecified atom stereocenters. The number of carbonyl (C=O) groups excluding carboxylic acids is 1. The average Bonchev–Trinajstić information content (AvgIpc) is 3.09. The summed E-state index contributed by atoms with van der Waals surface area (Å²) in [5, 5.41) is 0. The van der Waals surface area contributed by atoms with E-state index in [1.807, 2.05) is 23.1 Å². The monoisotopic (exact) mass is 316 g/mol. The van der Waals surface area contributed by atoms with Crippen LogP contribution in [0.4, 0.5) is 0 Å². The summed E-state index contributed by atoms with van der Waals surface area (Å²) in [6.45, 7) is 5.76. The summed E-state index contributed by atoms with van der Waals surface area (Å²) < 4.78 is 0. The van der Waals surface area contributed by atoms with Crippen LogP contribution in [-0.2, 0) is 4.79 Å². The lowest BCUT2D eigenvalue weighted by molar-refractivity contribution is -0.130. The number of hydrogen-bond acceptors (Lipinski definition) is 4. The molecule has 5 heteroatoms. The van der Waals surface area contributed by atoms with Crippen molar-refractivity contribution in [2.75, 3.05) is 13.1 Å². The van der Waals surface area contributed by atoms with Crippen molar-refractivity contribution in [3.05, 3.63) is 35.9 Å².